The van der Waals surface area contributed by atoms with E-state index >= 15 is 0 Å². The average molecular weight is 498 g/mol. The minimum absolute atomic E-state index is 0.0847. The van der Waals surface area contributed by atoms with Crippen molar-refractivity contribution in [2.75, 3.05) is 7.05 Å². The van der Waals surface area contributed by atoms with Crippen molar-refractivity contribution in [1.82, 2.24) is 4.90 Å². The third kappa shape index (κ3) is 5.79. The summed E-state index contributed by atoms with van der Waals surface area (Å²) < 4.78 is 0. The van der Waals surface area contributed by atoms with E-state index in [1.165, 1.54) is 62.5 Å². The number of carbonyl (C=O) groups excluding carboxylic acids is 1. The number of carbonyl (C=O) groups is 1. The first-order valence-electron chi connectivity index (χ1n) is 15.0. The van der Waals surface area contributed by atoms with Gasteiger partial charge in [0.15, 0.2) is 0 Å². The van der Waals surface area contributed by atoms with E-state index in [-0.39, 0.29) is 23.5 Å². The van der Waals surface area contributed by atoms with Gasteiger partial charge in [0, 0.05) is 19.5 Å². The Labute approximate surface area is 219 Å². The number of aliphatic hydroxyl groups excluding tert-OH is 1. The van der Waals surface area contributed by atoms with Crippen LogP contribution in [0.2, 0.25) is 0 Å². The highest BCUT2D eigenvalue weighted by molar-refractivity contribution is 5.76. The zero-order valence-electron chi connectivity index (χ0n) is 23.3. The normalized spacial score (nSPS) is 31.1. The second-order valence-electron chi connectivity index (χ2n) is 12.9. The molecule has 202 valence electrons. The number of benzene rings is 1. The molecular weight excluding hydrogens is 446 g/mol. The third-order valence-corrected chi connectivity index (χ3v) is 10.4. The number of unbranched alkanes of at least 4 members (excludes halogenated alkanes) is 6. The topological polar surface area (TPSA) is 60.8 Å². The molecule has 4 heteroatoms. The molecule has 0 saturated heterocycles. The van der Waals surface area contributed by atoms with E-state index in [0.29, 0.717) is 35.8 Å². The standard InChI is InChI=1S/C32H51NO3/c1-22(2)33(4)30(36)13-11-9-7-5-6-8-10-12-24-21-32(3)28(18-19-29(32)35)27-16-14-23-20-25(34)15-17-26(23)31(24)27/h15,17,20,22,24,27-29,31,34-35H,5-14,16,18-19,21H2,1-4H3/t24-,27-,28-,29-,31+,32-/m0/s1. The van der Waals surface area contributed by atoms with Crippen molar-refractivity contribution in [3.05, 3.63) is 29.3 Å². The molecule has 1 amide bonds. The zero-order valence-corrected chi connectivity index (χ0v) is 23.3. The monoisotopic (exact) mass is 497 g/mol. The second-order valence-corrected chi connectivity index (χ2v) is 12.9. The first-order chi connectivity index (χ1) is 17.2. The molecule has 4 nitrogen and oxygen atoms in total. The fourth-order valence-electron chi connectivity index (χ4n) is 8.16. The molecule has 0 unspecified atom stereocenters. The number of fused-ring (bicyclic) bond motifs is 5. The van der Waals surface area contributed by atoms with Crippen LogP contribution in [0.4, 0.5) is 0 Å². The molecule has 1 aromatic carbocycles. The summed E-state index contributed by atoms with van der Waals surface area (Å²) in [6.07, 6.45) is 15.9. The maximum atomic E-state index is 12.1. The van der Waals surface area contributed by atoms with E-state index in [0.717, 1.165) is 32.1 Å². The molecule has 0 bridgehead atoms. The summed E-state index contributed by atoms with van der Waals surface area (Å²) in [6, 6.07) is 6.40. The first kappa shape index (κ1) is 27.5. The number of hydrogen-bond acceptors (Lipinski definition) is 3. The van der Waals surface area contributed by atoms with Gasteiger partial charge in [0.1, 0.15) is 5.75 Å². The Balaban J connectivity index is 1.26. The summed E-state index contributed by atoms with van der Waals surface area (Å²) in [6.45, 7) is 6.52. The Morgan fingerprint density at radius 3 is 2.47 bits per heavy atom. The Hall–Kier alpha value is -1.55. The van der Waals surface area contributed by atoms with Crippen molar-refractivity contribution in [3.63, 3.8) is 0 Å². The van der Waals surface area contributed by atoms with Crippen LogP contribution < -0.4 is 0 Å². The number of aromatic hydroxyl groups is 1. The van der Waals surface area contributed by atoms with Gasteiger partial charge in [0.25, 0.3) is 0 Å². The summed E-state index contributed by atoms with van der Waals surface area (Å²) in [4.78, 5) is 14.0. The molecule has 4 rings (SSSR count). The SMILES string of the molecule is CC(C)N(C)C(=O)CCCCCCCCC[C@H]1C[C@]2(C)[C@@H](O)CC[C@H]2[C@@H]2CCc3cc(O)ccc3[C@@H]12. The predicted molar refractivity (Wildman–Crippen MR) is 147 cm³/mol. The minimum Gasteiger partial charge on any atom is -0.508 e. The van der Waals surface area contributed by atoms with Gasteiger partial charge in [-0.25, -0.2) is 0 Å². The molecular formula is C32H51NO3. The van der Waals surface area contributed by atoms with Crippen molar-refractivity contribution >= 4 is 5.91 Å². The van der Waals surface area contributed by atoms with Crippen LogP contribution in [-0.2, 0) is 11.2 Å². The zero-order chi connectivity index (χ0) is 25.9. The highest BCUT2D eigenvalue weighted by atomic mass is 16.3. The van der Waals surface area contributed by atoms with Gasteiger partial charge in [0.2, 0.25) is 5.91 Å². The maximum Gasteiger partial charge on any atom is 0.222 e. The third-order valence-electron chi connectivity index (χ3n) is 10.4. The average Bonchev–Trinajstić information content (AvgIpc) is 3.15. The molecule has 36 heavy (non-hydrogen) atoms. The van der Waals surface area contributed by atoms with Crippen LogP contribution in [0, 0.1) is 23.2 Å². The largest absolute Gasteiger partial charge is 0.508 e. The Kier molecular flexibility index (Phi) is 9.07. The van der Waals surface area contributed by atoms with Crippen molar-refractivity contribution in [2.24, 2.45) is 23.2 Å². The van der Waals surface area contributed by atoms with Gasteiger partial charge >= 0.3 is 0 Å². The molecule has 6 atom stereocenters. The number of rotatable bonds is 11. The van der Waals surface area contributed by atoms with Crippen LogP contribution in [0.15, 0.2) is 18.2 Å². The highest BCUT2D eigenvalue weighted by Gasteiger charge is 2.57. The van der Waals surface area contributed by atoms with Gasteiger partial charge in [-0.2, -0.15) is 0 Å². The molecule has 2 fully saturated rings. The van der Waals surface area contributed by atoms with E-state index < -0.39 is 0 Å². The number of aliphatic hydroxyl groups is 1. The van der Waals surface area contributed by atoms with Gasteiger partial charge in [-0.15, -0.1) is 0 Å². The molecule has 3 aliphatic carbocycles. The number of amides is 1. The van der Waals surface area contributed by atoms with E-state index in [9.17, 15) is 15.0 Å². The van der Waals surface area contributed by atoms with Crippen molar-refractivity contribution in [1.29, 1.82) is 0 Å². The van der Waals surface area contributed by atoms with Gasteiger partial charge in [-0.1, -0.05) is 51.5 Å². The van der Waals surface area contributed by atoms with E-state index in [1.54, 1.807) is 0 Å². The quantitative estimate of drug-likeness (QED) is 0.317. The molecule has 0 aromatic heterocycles. The lowest BCUT2D eigenvalue weighted by atomic mass is 9.51. The van der Waals surface area contributed by atoms with Crippen LogP contribution in [0.25, 0.3) is 0 Å². The summed E-state index contributed by atoms with van der Waals surface area (Å²) >= 11 is 0. The van der Waals surface area contributed by atoms with Gasteiger partial charge in [0.05, 0.1) is 6.10 Å². The fourth-order valence-corrected chi connectivity index (χ4v) is 8.16. The second kappa shape index (κ2) is 11.9. The lowest BCUT2D eigenvalue weighted by Crippen LogP contribution is -2.47. The summed E-state index contributed by atoms with van der Waals surface area (Å²) in [5.74, 6) is 3.23. The Morgan fingerprint density at radius 2 is 1.75 bits per heavy atom. The van der Waals surface area contributed by atoms with E-state index in [4.69, 9.17) is 0 Å². The van der Waals surface area contributed by atoms with Crippen LogP contribution in [0.1, 0.15) is 121 Å². The number of hydrogen-bond donors (Lipinski definition) is 2. The lowest BCUT2D eigenvalue weighted by molar-refractivity contribution is -0.131. The van der Waals surface area contributed by atoms with Crippen molar-refractivity contribution in [2.45, 2.75) is 129 Å². The summed E-state index contributed by atoms with van der Waals surface area (Å²) in [5.41, 5.74) is 2.94. The van der Waals surface area contributed by atoms with Crippen LogP contribution in [-0.4, -0.2) is 40.2 Å². The van der Waals surface area contributed by atoms with Gasteiger partial charge in [-0.05, 0) is 111 Å². The molecule has 2 saturated carbocycles. The molecule has 3 aliphatic rings. The lowest BCUT2D eigenvalue weighted by Gasteiger charge is -2.54. The van der Waals surface area contributed by atoms with E-state index in [2.05, 4.69) is 26.8 Å². The molecule has 0 aliphatic heterocycles. The molecule has 0 heterocycles. The number of aryl methyl sites for hydroxylation is 1. The minimum atomic E-state index is -0.139. The number of nitrogens with zero attached hydrogens (tertiary/aromatic N) is 1. The van der Waals surface area contributed by atoms with Crippen LogP contribution >= 0.6 is 0 Å². The van der Waals surface area contributed by atoms with Gasteiger partial charge < -0.3 is 15.1 Å². The molecule has 2 N–H and O–H groups in total. The van der Waals surface area contributed by atoms with E-state index in [1.807, 2.05) is 24.1 Å². The molecule has 1 aromatic rings. The number of phenolic OH excluding ortho intramolecular Hbond substituents is 1. The van der Waals surface area contributed by atoms with Gasteiger partial charge in [-0.3, -0.25) is 4.79 Å². The van der Waals surface area contributed by atoms with Crippen molar-refractivity contribution in [3.8, 4) is 5.75 Å². The first-order valence-corrected chi connectivity index (χ1v) is 15.0. The maximum absolute atomic E-state index is 12.1. The predicted octanol–water partition coefficient (Wildman–Crippen LogP) is 7.21. The van der Waals surface area contributed by atoms with Crippen LogP contribution in [0.3, 0.4) is 0 Å². The molecule has 0 radical (unpaired) electrons. The van der Waals surface area contributed by atoms with Crippen molar-refractivity contribution < 1.29 is 15.0 Å². The highest BCUT2D eigenvalue weighted by Crippen LogP contribution is 2.63. The summed E-state index contributed by atoms with van der Waals surface area (Å²) in [5, 5.41) is 21.0. The van der Waals surface area contributed by atoms with Crippen LogP contribution in [0.5, 0.6) is 5.75 Å². The Bertz CT molecular complexity index is 882. The smallest absolute Gasteiger partial charge is 0.222 e. The fraction of sp³-hybridized carbons (Fsp3) is 0.781. The Morgan fingerprint density at radius 1 is 1.06 bits per heavy atom. The molecule has 0 spiro atoms. The summed E-state index contributed by atoms with van der Waals surface area (Å²) in [7, 11) is 1.91. The number of phenols is 1.